The van der Waals surface area contributed by atoms with E-state index in [1.807, 2.05) is 30.5 Å². The molecule has 1 aromatic carbocycles. The van der Waals surface area contributed by atoms with Gasteiger partial charge in [-0.2, -0.15) is 0 Å². The highest BCUT2D eigenvalue weighted by Gasteiger charge is 2.28. The summed E-state index contributed by atoms with van der Waals surface area (Å²) in [7, 11) is 0. The fourth-order valence-electron chi connectivity index (χ4n) is 4.79. The summed E-state index contributed by atoms with van der Waals surface area (Å²) in [5.41, 5.74) is 5.27. The van der Waals surface area contributed by atoms with Crippen molar-refractivity contribution in [2.24, 2.45) is 5.16 Å². The molecule has 5 nitrogen and oxygen atoms in total. The first kappa shape index (κ1) is 23.9. The summed E-state index contributed by atoms with van der Waals surface area (Å²) in [6.45, 7) is 3.47. The predicted molar refractivity (Wildman–Crippen MR) is 137 cm³/mol. The van der Waals surface area contributed by atoms with Gasteiger partial charge in [-0.1, -0.05) is 67.7 Å². The summed E-state index contributed by atoms with van der Waals surface area (Å²) in [5.74, 6) is 0.600. The van der Waals surface area contributed by atoms with Crippen molar-refractivity contribution in [2.45, 2.75) is 70.8 Å². The van der Waals surface area contributed by atoms with Crippen molar-refractivity contribution in [3.05, 3.63) is 89.0 Å². The average molecular weight is 458 g/mol. The number of carbonyl (C=O) groups is 1. The van der Waals surface area contributed by atoms with Crippen LogP contribution in [-0.4, -0.2) is 28.2 Å². The number of rotatable bonds is 12. The highest BCUT2D eigenvalue weighted by molar-refractivity contribution is 5.99. The zero-order valence-electron chi connectivity index (χ0n) is 20.2. The summed E-state index contributed by atoms with van der Waals surface area (Å²) in [6.07, 6.45) is 13.3. The van der Waals surface area contributed by atoms with Crippen LogP contribution in [0.25, 0.3) is 0 Å². The van der Waals surface area contributed by atoms with E-state index in [0.717, 1.165) is 49.0 Å². The van der Waals surface area contributed by atoms with Crippen molar-refractivity contribution in [1.29, 1.82) is 0 Å². The number of aryl methyl sites for hydroxylation is 1. The quantitative estimate of drug-likeness (QED) is 0.134. The highest BCUT2D eigenvalue weighted by atomic mass is 16.6. The maximum Gasteiger partial charge on any atom is 0.165 e. The van der Waals surface area contributed by atoms with E-state index in [4.69, 9.17) is 4.84 Å². The Morgan fingerprint density at radius 1 is 1.15 bits per heavy atom. The van der Waals surface area contributed by atoms with Crippen LogP contribution in [0.2, 0.25) is 0 Å². The zero-order chi connectivity index (χ0) is 23.6. The van der Waals surface area contributed by atoms with E-state index in [1.165, 1.54) is 24.1 Å². The van der Waals surface area contributed by atoms with Gasteiger partial charge in [0.1, 0.15) is 6.61 Å². The third-order valence-electron chi connectivity index (χ3n) is 6.61. The summed E-state index contributed by atoms with van der Waals surface area (Å²) in [6, 6.07) is 16.4. The number of benzene rings is 1. The van der Waals surface area contributed by atoms with E-state index in [-0.39, 0.29) is 5.78 Å². The number of nitrogens with zero attached hydrogens (tertiary/aromatic N) is 3. The van der Waals surface area contributed by atoms with E-state index in [1.54, 1.807) is 12.4 Å². The smallest absolute Gasteiger partial charge is 0.165 e. The third kappa shape index (κ3) is 6.22. The zero-order valence-corrected chi connectivity index (χ0v) is 20.2. The molecule has 1 aliphatic carbocycles. The first-order valence-electron chi connectivity index (χ1n) is 12.6. The molecule has 0 amide bonds. The van der Waals surface area contributed by atoms with Crippen LogP contribution in [0, 0.1) is 0 Å². The van der Waals surface area contributed by atoms with Crippen LogP contribution in [0.4, 0.5) is 0 Å². The normalized spacial score (nSPS) is 14.1. The standard InChI is InChI=1S/C29H35N3O2/c1-2-3-18-34-31-21-26-19-27(28(33)16-15-23-12-9-17-30-20-23)29(25-13-7-8-14-25)32(26)22-24-10-5-4-6-11-24/h4-6,9-12,17,19-21,25H,2-3,7-8,13-16,18,22H2,1H3/b31-21+. The third-order valence-corrected chi connectivity index (χ3v) is 6.61. The van der Waals surface area contributed by atoms with Crippen LogP contribution in [-0.2, 0) is 17.8 Å². The first-order chi connectivity index (χ1) is 16.8. The van der Waals surface area contributed by atoms with Crippen LogP contribution in [0.1, 0.15) is 90.7 Å². The van der Waals surface area contributed by atoms with Gasteiger partial charge in [-0.3, -0.25) is 9.78 Å². The van der Waals surface area contributed by atoms with Crippen molar-refractivity contribution in [2.75, 3.05) is 6.61 Å². The van der Waals surface area contributed by atoms with Gasteiger partial charge >= 0.3 is 0 Å². The molecule has 1 saturated carbocycles. The molecule has 2 aromatic heterocycles. The highest BCUT2D eigenvalue weighted by Crippen LogP contribution is 2.38. The van der Waals surface area contributed by atoms with Crippen molar-refractivity contribution in [3.63, 3.8) is 0 Å². The molecule has 0 spiro atoms. The predicted octanol–water partition coefficient (Wildman–Crippen LogP) is 6.56. The summed E-state index contributed by atoms with van der Waals surface area (Å²) in [5, 5.41) is 4.25. The van der Waals surface area contributed by atoms with E-state index >= 15 is 0 Å². The molecule has 1 aliphatic rings. The molecule has 0 saturated heterocycles. The van der Waals surface area contributed by atoms with Crippen molar-refractivity contribution >= 4 is 12.0 Å². The van der Waals surface area contributed by atoms with Crippen LogP contribution < -0.4 is 0 Å². The number of oxime groups is 1. The Bertz CT molecular complexity index is 1070. The molecule has 2 heterocycles. The largest absolute Gasteiger partial charge is 0.396 e. The molecule has 0 aliphatic heterocycles. The van der Waals surface area contributed by atoms with Crippen LogP contribution in [0.3, 0.4) is 0 Å². The number of unbranched alkanes of at least 4 members (excludes halogenated alkanes) is 1. The lowest BCUT2D eigenvalue weighted by Gasteiger charge is -2.18. The van der Waals surface area contributed by atoms with Gasteiger partial charge in [0, 0.05) is 36.6 Å². The second-order valence-corrected chi connectivity index (χ2v) is 9.13. The summed E-state index contributed by atoms with van der Waals surface area (Å²) in [4.78, 5) is 23.2. The minimum atomic E-state index is 0.194. The molecule has 5 heteroatoms. The number of aromatic nitrogens is 2. The minimum Gasteiger partial charge on any atom is -0.396 e. The van der Waals surface area contributed by atoms with E-state index in [0.29, 0.717) is 25.4 Å². The maximum absolute atomic E-state index is 13.5. The molecule has 3 aromatic rings. The van der Waals surface area contributed by atoms with Crippen LogP contribution >= 0.6 is 0 Å². The van der Waals surface area contributed by atoms with Gasteiger partial charge in [-0.25, -0.2) is 0 Å². The summed E-state index contributed by atoms with van der Waals surface area (Å²) >= 11 is 0. The molecule has 0 atom stereocenters. The van der Waals surface area contributed by atoms with Crippen molar-refractivity contribution < 1.29 is 9.63 Å². The number of hydrogen-bond donors (Lipinski definition) is 0. The number of ketones is 1. The molecule has 4 rings (SSSR count). The fourth-order valence-corrected chi connectivity index (χ4v) is 4.79. The number of carbonyl (C=O) groups excluding carboxylic acids is 1. The lowest BCUT2D eigenvalue weighted by molar-refractivity contribution is 0.0981. The topological polar surface area (TPSA) is 56.5 Å². The first-order valence-corrected chi connectivity index (χ1v) is 12.6. The van der Waals surface area contributed by atoms with E-state index < -0.39 is 0 Å². The number of hydrogen-bond acceptors (Lipinski definition) is 4. The lowest BCUT2D eigenvalue weighted by Crippen LogP contribution is -2.13. The van der Waals surface area contributed by atoms with Gasteiger partial charge in [0.2, 0.25) is 0 Å². The monoisotopic (exact) mass is 457 g/mol. The summed E-state index contributed by atoms with van der Waals surface area (Å²) < 4.78 is 2.30. The van der Waals surface area contributed by atoms with Crippen molar-refractivity contribution in [1.82, 2.24) is 9.55 Å². The Morgan fingerprint density at radius 3 is 2.68 bits per heavy atom. The molecule has 178 valence electrons. The molecule has 0 N–H and O–H groups in total. The second kappa shape index (κ2) is 12.3. The number of pyridine rings is 1. The molecule has 0 radical (unpaired) electrons. The molecule has 0 unspecified atom stereocenters. The van der Waals surface area contributed by atoms with Gasteiger partial charge in [-0.15, -0.1) is 0 Å². The average Bonchev–Trinajstić information content (AvgIpc) is 3.52. The molecular weight excluding hydrogens is 422 g/mol. The Morgan fingerprint density at radius 2 is 1.94 bits per heavy atom. The Labute approximate surface area is 202 Å². The minimum absolute atomic E-state index is 0.194. The number of Topliss-reactive ketones (excluding diaryl/α,β-unsaturated/α-hetero) is 1. The second-order valence-electron chi connectivity index (χ2n) is 9.13. The van der Waals surface area contributed by atoms with Gasteiger partial charge < -0.3 is 9.40 Å². The molecule has 1 fully saturated rings. The van der Waals surface area contributed by atoms with E-state index in [2.05, 4.69) is 45.9 Å². The van der Waals surface area contributed by atoms with E-state index in [9.17, 15) is 4.79 Å². The van der Waals surface area contributed by atoms with Gasteiger partial charge in [0.05, 0.1) is 11.9 Å². The van der Waals surface area contributed by atoms with Crippen LogP contribution in [0.15, 0.2) is 66.1 Å². The fraction of sp³-hybridized carbons (Fsp3) is 0.414. The maximum atomic E-state index is 13.5. The van der Waals surface area contributed by atoms with Crippen LogP contribution in [0.5, 0.6) is 0 Å². The molecule has 0 bridgehead atoms. The Hall–Kier alpha value is -3.21. The lowest BCUT2D eigenvalue weighted by atomic mass is 9.95. The molecule has 34 heavy (non-hydrogen) atoms. The molecular formula is C29H35N3O2. The van der Waals surface area contributed by atoms with Gasteiger partial charge in [0.15, 0.2) is 5.78 Å². The van der Waals surface area contributed by atoms with Gasteiger partial charge in [0.25, 0.3) is 0 Å². The Kier molecular flexibility index (Phi) is 8.66. The van der Waals surface area contributed by atoms with Crippen molar-refractivity contribution in [3.8, 4) is 0 Å². The van der Waals surface area contributed by atoms with Gasteiger partial charge in [-0.05, 0) is 54.9 Å². The Balaban J connectivity index is 1.66. The SMILES string of the molecule is CCCCO/N=C/c1cc(C(=O)CCc2cccnc2)c(C2CCCC2)n1Cc1ccccc1.